The van der Waals surface area contributed by atoms with Gasteiger partial charge >= 0.3 is 6.18 Å². The van der Waals surface area contributed by atoms with Crippen molar-refractivity contribution in [2.45, 2.75) is 32.5 Å². The lowest BCUT2D eigenvalue weighted by atomic mass is 9.94. The maximum absolute atomic E-state index is 13.1. The van der Waals surface area contributed by atoms with Gasteiger partial charge in [-0.25, -0.2) is 0 Å². The van der Waals surface area contributed by atoms with E-state index in [-0.39, 0.29) is 5.92 Å². The molecule has 2 heterocycles. The average molecular weight is 380 g/mol. The van der Waals surface area contributed by atoms with Crippen LogP contribution in [0.25, 0.3) is 11.8 Å². The molecule has 1 aromatic heterocycles. The number of benzene rings is 1. The van der Waals surface area contributed by atoms with Crippen LogP contribution in [0, 0.1) is 12.8 Å². The molecule has 1 aromatic carbocycles. The highest BCUT2D eigenvalue weighted by Gasteiger charge is 2.31. The van der Waals surface area contributed by atoms with Gasteiger partial charge in [-0.1, -0.05) is 25.1 Å². The number of alkyl halides is 3. The molecule has 1 amide bonds. The Hall–Kier alpha value is -2.28. The molecule has 0 saturated heterocycles. The summed E-state index contributed by atoms with van der Waals surface area (Å²) in [7, 11) is 0. The first-order valence-corrected chi connectivity index (χ1v) is 9.03. The summed E-state index contributed by atoms with van der Waals surface area (Å²) in [5.41, 5.74) is 5.69. The minimum atomic E-state index is -4.44. The highest BCUT2D eigenvalue weighted by molar-refractivity contribution is 7.09. The van der Waals surface area contributed by atoms with E-state index in [1.165, 1.54) is 6.07 Å². The number of halogens is 3. The van der Waals surface area contributed by atoms with Crippen LogP contribution in [0.1, 0.15) is 29.3 Å². The van der Waals surface area contributed by atoms with Crippen LogP contribution in [-0.4, -0.2) is 11.9 Å². The molecule has 3 nitrogen and oxygen atoms in total. The van der Waals surface area contributed by atoms with Gasteiger partial charge < -0.3 is 11.1 Å². The Morgan fingerprint density at radius 2 is 2.04 bits per heavy atom. The van der Waals surface area contributed by atoms with Gasteiger partial charge in [-0.3, -0.25) is 4.79 Å². The Bertz CT molecular complexity index is 962. The lowest BCUT2D eigenvalue weighted by molar-refractivity contribution is -0.137. The number of hydrogen-bond donors (Lipinski definition) is 2. The topological polar surface area (TPSA) is 55.1 Å². The lowest BCUT2D eigenvalue weighted by Gasteiger charge is -2.25. The summed E-state index contributed by atoms with van der Waals surface area (Å²) in [6.45, 7) is 3.84. The summed E-state index contributed by atoms with van der Waals surface area (Å²) in [5.74, 6) is -0.602. The second-order valence-corrected chi connectivity index (χ2v) is 7.82. The van der Waals surface area contributed by atoms with Crippen LogP contribution in [0.15, 0.2) is 30.3 Å². The van der Waals surface area contributed by atoms with Gasteiger partial charge in [0.1, 0.15) is 6.04 Å². The average Bonchev–Trinajstić information content (AvgIpc) is 2.91. The molecule has 2 unspecified atom stereocenters. The molecular weight excluding hydrogens is 361 g/mol. The summed E-state index contributed by atoms with van der Waals surface area (Å²) in [6, 6.07) is 6.38. The first-order valence-electron chi connectivity index (χ1n) is 8.21. The van der Waals surface area contributed by atoms with Gasteiger partial charge in [-0.05, 0) is 43.0 Å². The molecule has 0 spiro atoms. The molecule has 1 aliphatic heterocycles. The minimum Gasteiger partial charge on any atom is -0.372 e. The molecule has 2 atom stereocenters. The Morgan fingerprint density at radius 3 is 2.69 bits per heavy atom. The zero-order chi connectivity index (χ0) is 19.1. The Labute approximate surface area is 153 Å². The first-order chi connectivity index (χ1) is 12.2. The van der Waals surface area contributed by atoms with Crippen LogP contribution in [0.5, 0.6) is 0 Å². The van der Waals surface area contributed by atoms with E-state index in [0.717, 1.165) is 26.8 Å². The highest BCUT2D eigenvalue weighted by Crippen LogP contribution is 2.30. The summed E-state index contributed by atoms with van der Waals surface area (Å²) in [6.07, 6.45) is -1.75. The predicted octanol–water partition coefficient (Wildman–Crippen LogP) is 2.50. The van der Waals surface area contributed by atoms with E-state index < -0.39 is 23.7 Å². The van der Waals surface area contributed by atoms with Crippen LogP contribution in [-0.2, 0) is 11.0 Å². The fraction of sp³-hybridized carbons (Fsp3) is 0.316. The van der Waals surface area contributed by atoms with Crippen molar-refractivity contribution < 1.29 is 18.0 Å². The summed E-state index contributed by atoms with van der Waals surface area (Å²) in [5, 5.41) is 3.93. The summed E-state index contributed by atoms with van der Waals surface area (Å²) >= 11 is 1.58. The van der Waals surface area contributed by atoms with E-state index in [1.54, 1.807) is 17.4 Å². The van der Waals surface area contributed by atoms with E-state index in [2.05, 4.69) is 5.32 Å². The maximum atomic E-state index is 13.1. The van der Waals surface area contributed by atoms with E-state index in [0.29, 0.717) is 17.7 Å². The predicted molar refractivity (Wildman–Crippen MR) is 96.6 cm³/mol. The van der Waals surface area contributed by atoms with Crippen LogP contribution >= 0.6 is 11.3 Å². The number of nitrogens with one attached hydrogen (secondary N) is 1. The van der Waals surface area contributed by atoms with Crippen molar-refractivity contribution in [1.29, 1.82) is 0 Å². The first kappa shape index (κ1) is 18.5. The van der Waals surface area contributed by atoms with Gasteiger partial charge in [0.25, 0.3) is 0 Å². The molecule has 26 heavy (non-hydrogen) atoms. The number of hydrogen-bond acceptors (Lipinski definition) is 3. The third-order valence-corrected chi connectivity index (χ3v) is 5.53. The molecule has 0 aliphatic carbocycles. The monoisotopic (exact) mass is 380 g/mol. The van der Waals surface area contributed by atoms with Crippen molar-refractivity contribution in [3.63, 3.8) is 0 Å². The molecule has 0 bridgehead atoms. The molecule has 7 heteroatoms. The fourth-order valence-electron chi connectivity index (χ4n) is 3.13. The number of amides is 1. The zero-order valence-electron chi connectivity index (χ0n) is 14.4. The van der Waals surface area contributed by atoms with Gasteiger partial charge in [0, 0.05) is 14.6 Å². The largest absolute Gasteiger partial charge is 0.416 e. The van der Waals surface area contributed by atoms with Crippen molar-refractivity contribution in [1.82, 2.24) is 5.32 Å². The number of primary amides is 1. The minimum absolute atomic E-state index is 0.0798. The molecule has 0 radical (unpaired) electrons. The number of fused-ring (bicyclic) bond motifs is 1. The van der Waals surface area contributed by atoms with Gasteiger partial charge in [0.15, 0.2) is 0 Å². The highest BCUT2D eigenvalue weighted by atomic mass is 32.1. The zero-order valence-corrected chi connectivity index (χ0v) is 15.2. The van der Waals surface area contributed by atoms with E-state index in [4.69, 9.17) is 5.73 Å². The molecule has 3 rings (SSSR count). The van der Waals surface area contributed by atoms with Crippen molar-refractivity contribution in [3.8, 4) is 0 Å². The SMILES string of the molecule is Cc1cc2/c(s1)=C/CC(C)C(C(N)=O)N\C=2c1cccc(C(F)(F)F)c1. The summed E-state index contributed by atoms with van der Waals surface area (Å²) in [4.78, 5) is 12.9. The molecule has 2 aromatic rings. The number of nitrogens with two attached hydrogens (primary N) is 1. The van der Waals surface area contributed by atoms with E-state index in [1.807, 2.05) is 26.0 Å². The van der Waals surface area contributed by atoms with E-state index >= 15 is 0 Å². The quantitative estimate of drug-likeness (QED) is 0.841. The number of aryl methyl sites for hydroxylation is 1. The lowest BCUT2D eigenvalue weighted by Crippen LogP contribution is -2.48. The molecule has 138 valence electrons. The van der Waals surface area contributed by atoms with Crippen molar-refractivity contribution in [2.24, 2.45) is 11.7 Å². The number of thiophene rings is 1. The van der Waals surface area contributed by atoms with Crippen molar-refractivity contribution >= 4 is 29.0 Å². The molecule has 3 N–H and O–H groups in total. The van der Waals surface area contributed by atoms with E-state index in [9.17, 15) is 18.0 Å². The Kier molecular flexibility index (Phi) is 4.84. The smallest absolute Gasteiger partial charge is 0.372 e. The maximum Gasteiger partial charge on any atom is 0.416 e. The van der Waals surface area contributed by atoms with Crippen LogP contribution in [0.2, 0.25) is 0 Å². The number of carbonyl (C=O) groups is 1. The standard InChI is InChI=1S/C19H19F3N2OS/c1-10-6-7-15-14(8-11(2)26-15)17(24-16(10)18(23)25)12-4-3-5-13(9-12)19(20,21)22/h3-5,7-10,16,24H,6H2,1-2H3,(H2,23,25)/b15-7-,17-14-. The number of rotatable bonds is 2. The van der Waals surface area contributed by atoms with Crippen LogP contribution in [0.3, 0.4) is 0 Å². The van der Waals surface area contributed by atoms with Gasteiger partial charge in [-0.15, -0.1) is 11.3 Å². The number of carbonyl (C=O) groups excluding carboxylic acids is 1. The molecule has 1 aliphatic rings. The molecule has 0 saturated carbocycles. The molecule has 0 fully saturated rings. The van der Waals surface area contributed by atoms with Crippen LogP contribution in [0.4, 0.5) is 13.2 Å². The third kappa shape index (κ3) is 3.62. The van der Waals surface area contributed by atoms with Gasteiger partial charge in [0.05, 0.1) is 11.3 Å². The van der Waals surface area contributed by atoms with Gasteiger partial charge in [-0.2, -0.15) is 13.2 Å². The van der Waals surface area contributed by atoms with Crippen molar-refractivity contribution in [3.05, 3.63) is 56.1 Å². The van der Waals surface area contributed by atoms with Crippen molar-refractivity contribution in [2.75, 3.05) is 0 Å². The molecular formula is C19H19F3N2OS. The summed E-state index contributed by atoms with van der Waals surface area (Å²) < 4.78 is 40.4. The Morgan fingerprint density at radius 1 is 1.31 bits per heavy atom. The van der Waals surface area contributed by atoms with Crippen LogP contribution < -0.4 is 20.8 Å². The fourth-order valence-corrected chi connectivity index (χ4v) is 4.10. The second kappa shape index (κ2) is 6.79. The normalized spacial score (nSPS) is 23.8. The van der Waals surface area contributed by atoms with Gasteiger partial charge in [0.2, 0.25) is 5.91 Å². The Balaban J connectivity index is 2.27. The second-order valence-electron chi connectivity index (χ2n) is 6.53. The third-order valence-electron chi connectivity index (χ3n) is 4.48.